The maximum atomic E-state index is 7.39. The van der Waals surface area contributed by atoms with Crippen LogP contribution in [0.5, 0.6) is 0 Å². The minimum absolute atomic E-state index is 0. The molecule has 16 heavy (non-hydrogen) atoms. The zero-order valence-electron chi connectivity index (χ0n) is 8.35. The summed E-state index contributed by atoms with van der Waals surface area (Å²) in [5.41, 5.74) is 14.5. The first-order valence-corrected chi connectivity index (χ1v) is 4.17. The van der Waals surface area contributed by atoms with Gasteiger partial charge in [0.25, 0.3) is 0 Å². The second-order valence-corrected chi connectivity index (χ2v) is 2.86. The minimum Gasteiger partial charge on any atom is -0.693 e. The standard InChI is InChI=1S/C10H9N4.Ir.H2N/c11-9-6-8(13-10(12)14-9)7-4-2-1-3-5-7;;/h1-6H,(H3-,11,12,13,14);;1H2/q-1;;-1. The summed E-state index contributed by atoms with van der Waals surface area (Å²) in [6.45, 7) is 0. The molecule has 0 atom stereocenters. The molecule has 0 aliphatic heterocycles. The topological polar surface area (TPSA) is 109 Å². The monoisotopic (exact) mass is 394 g/mol. The van der Waals surface area contributed by atoms with E-state index in [0.29, 0.717) is 5.69 Å². The van der Waals surface area contributed by atoms with Gasteiger partial charge in [-0.25, -0.2) is 4.98 Å². The average Bonchev–Trinajstić information content (AvgIpc) is 2.18. The first-order valence-electron chi connectivity index (χ1n) is 4.17. The normalized spacial score (nSPS) is 8.75. The predicted molar refractivity (Wildman–Crippen MR) is 61.1 cm³/mol. The molecule has 1 heterocycles. The molecule has 0 amide bonds. The van der Waals surface area contributed by atoms with E-state index >= 15 is 0 Å². The minimum atomic E-state index is 0. The number of benzene rings is 1. The van der Waals surface area contributed by atoms with E-state index in [2.05, 4.69) is 9.97 Å². The van der Waals surface area contributed by atoms with Crippen molar-refractivity contribution in [2.75, 3.05) is 5.73 Å². The molecule has 87 valence electrons. The van der Waals surface area contributed by atoms with Crippen LogP contribution in [0, 0.1) is 0 Å². The summed E-state index contributed by atoms with van der Waals surface area (Å²) in [6, 6.07) is 11.2. The predicted octanol–water partition coefficient (Wildman–Crippen LogP) is 3.12. The van der Waals surface area contributed by atoms with Crippen LogP contribution >= 0.6 is 0 Å². The Labute approximate surface area is 107 Å². The molecule has 0 unspecified atom stereocenters. The van der Waals surface area contributed by atoms with Crippen LogP contribution in [0.4, 0.5) is 11.8 Å². The molecular formula is C10H11IrN5-2. The van der Waals surface area contributed by atoms with E-state index in [9.17, 15) is 0 Å². The van der Waals surface area contributed by atoms with Gasteiger partial charge in [0, 0.05) is 25.7 Å². The molecule has 0 aliphatic carbocycles. The summed E-state index contributed by atoms with van der Waals surface area (Å²) in [6.07, 6.45) is 0. The van der Waals surface area contributed by atoms with E-state index in [0.717, 1.165) is 5.56 Å². The second-order valence-electron chi connectivity index (χ2n) is 2.86. The first kappa shape index (κ1) is 14.5. The molecule has 2 aromatic rings. The van der Waals surface area contributed by atoms with E-state index in [-0.39, 0.29) is 38.0 Å². The largest absolute Gasteiger partial charge is 0.693 e. The molecular weight excluding hydrogens is 382 g/mol. The molecule has 2 rings (SSSR count). The van der Waals surface area contributed by atoms with Gasteiger partial charge >= 0.3 is 0 Å². The Balaban J connectivity index is 0.00000112. The van der Waals surface area contributed by atoms with E-state index < -0.39 is 0 Å². The van der Waals surface area contributed by atoms with Gasteiger partial charge < -0.3 is 22.6 Å². The van der Waals surface area contributed by atoms with Gasteiger partial charge in [0.15, 0.2) is 0 Å². The summed E-state index contributed by atoms with van der Waals surface area (Å²) >= 11 is 0. The SMILES string of the molecule is [Ir].[NH-]c1cc(-c2ccccc2)nc(N)n1.[NH2-]. The van der Waals surface area contributed by atoms with Gasteiger partial charge in [0.2, 0.25) is 0 Å². The number of nitrogens with one attached hydrogen (secondary N) is 1. The fourth-order valence-corrected chi connectivity index (χ4v) is 1.22. The van der Waals surface area contributed by atoms with Gasteiger partial charge in [-0.3, -0.25) is 0 Å². The zero-order valence-corrected chi connectivity index (χ0v) is 10.7. The van der Waals surface area contributed by atoms with E-state index in [1.807, 2.05) is 30.3 Å². The van der Waals surface area contributed by atoms with Crippen LogP contribution in [0.15, 0.2) is 36.4 Å². The third-order valence-electron chi connectivity index (χ3n) is 1.81. The molecule has 1 aromatic carbocycles. The van der Waals surface area contributed by atoms with Gasteiger partial charge in [-0.05, 0) is 6.07 Å². The van der Waals surface area contributed by atoms with Crippen molar-refractivity contribution in [2.24, 2.45) is 0 Å². The third-order valence-corrected chi connectivity index (χ3v) is 1.81. The van der Waals surface area contributed by atoms with Gasteiger partial charge in [0.05, 0.1) is 5.69 Å². The van der Waals surface area contributed by atoms with Crippen molar-refractivity contribution in [3.05, 3.63) is 48.3 Å². The number of nitrogens with two attached hydrogens (primary N) is 2. The number of hydrogen-bond acceptors (Lipinski definition) is 3. The Bertz CT molecular complexity index is 426. The van der Waals surface area contributed by atoms with Crippen molar-refractivity contribution in [1.29, 1.82) is 0 Å². The summed E-state index contributed by atoms with van der Waals surface area (Å²) < 4.78 is 0. The molecule has 1 aromatic heterocycles. The van der Waals surface area contributed by atoms with Crippen LogP contribution in [-0.4, -0.2) is 9.97 Å². The molecule has 5 nitrogen and oxygen atoms in total. The zero-order chi connectivity index (χ0) is 9.97. The summed E-state index contributed by atoms with van der Waals surface area (Å²) in [4.78, 5) is 7.74. The number of aromatic nitrogens is 2. The van der Waals surface area contributed by atoms with Crippen LogP contribution in [0.25, 0.3) is 23.1 Å². The Morgan fingerprint density at radius 1 is 1.06 bits per heavy atom. The van der Waals surface area contributed by atoms with Crippen molar-refractivity contribution >= 4 is 11.8 Å². The molecule has 6 heteroatoms. The van der Waals surface area contributed by atoms with Crippen molar-refractivity contribution in [3.8, 4) is 11.3 Å². The number of rotatable bonds is 1. The number of anilines is 1. The summed E-state index contributed by atoms with van der Waals surface area (Å²) in [7, 11) is 0. The molecule has 0 aliphatic rings. The molecule has 0 saturated heterocycles. The Kier molecular flexibility index (Phi) is 5.60. The third kappa shape index (κ3) is 3.27. The van der Waals surface area contributed by atoms with Crippen LogP contribution in [0.1, 0.15) is 0 Å². The Morgan fingerprint density at radius 2 is 1.69 bits per heavy atom. The maximum absolute atomic E-state index is 7.39. The number of nitrogens with zero attached hydrogens (tertiary/aromatic N) is 2. The van der Waals surface area contributed by atoms with E-state index in [1.165, 1.54) is 0 Å². The molecule has 0 saturated carbocycles. The van der Waals surface area contributed by atoms with Crippen molar-refractivity contribution in [1.82, 2.24) is 9.97 Å². The van der Waals surface area contributed by atoms with Gasteiger partial charge in [-0.2, -0.15) is 0 Å². The van der Waals surface area contributed by atoms with Gasteiger partial charge in [-0.15, -0.1) is 0 Å². The Morgan fingerprint density at radius 3 is 2.25 bits per heavy atom. The van der Waals surface area contributed by atoms with Crippen molar-refractivity contribution in [2.45, 2.75) is 0 Å². The fraction of sp³-hybridized carbons (Fsp3) is 0. The van der Waals surface area contributed by atoms with Crippen LogP contribution in [0.2, 0.25) is 0 Å². The van der Waals surface area contributed by atoms with Gasteiger partial charge in [0.1, 0.15) is 5.95 Å². The van der Waals surface area contributed by atoms with E-state index in [1.54, 1.807) is 6.07 Å². The molecule has 0 fully saturated rings. The fourth-order valence-electron chi connectivity index (χ4n) is 1.22. The number of nitrogen functional groups attached to an aromatic ring is 1. The average molecular weight is 393 g/mol. The second kappa shape index (κ2) is 6.17. The molecule has 1 radical (unpaired) electrons. The molecule has 5 N–H and O–H groups in total. The summed E-state index contributed by atoms with van der Waals surface area (Å²) in [5.74, 6) is 0.271. The first-order chi connectivity index (χ1) is 6.75. The van der Waals surface area contributed by atoms with Crippen LogP contribution in [-0.2, 0) is 20.1 Å². The quantitative estimate of drug-likeness (QED) is 0.804. The molecule has 0 bridgehead atoms. The van der Waals surface area contributed by atoms with Crippen LogP contribution < -0.4 is 5.73 Å². The Hall–Kier alpha value is -1.49. The smallest absolute Gasteiger partial charge is 0.114 e. The number of hydrogen-bond donors (Lipinski definition) is 1. The molecule has 0 spiro atoms. The van der Waals surface area contributed by atoms with Crippen molar-refractivity contribution in [3.63, 3.8) is 0 Å². The van der Waals surface area contributed by atoms with Gasteiger partial charge in [-0.1, -0.05) is 36.1 Å². The van der Waals surface area contributed by atoms with E-state index in [4.69, 9.17) is 11.5 Å². The maximum Gasteiger partial charge on any atom is 0.114 e. The summed E-state index contributed by atoms with van der Waals surface area (Å²) in [5, 5.41) is 0. The van der Waals surface area contributed by atoms with Crippen molar-refractivity contribution < 1.29 is 20.1 Å². The van der Waals surface area contributed by atoms with Crippen LogP contribution in [0.3, 0.4) is 0 Å².